The normalized spacial score (nSPS) is 10.8. The topological polar surface area (TPSA) is 63.4 Å². The van der Waals surface area contributed by atoms with E-state index in [-0.39, 0.29) is 11.7 Å². The number of nitrogens with zero attached hydrogens (tertiary/aromatic N) is 5. The van der Waals surface area contributed by atoms with Crippen LogP contribution in [0.2, 0.25) is 0 Å². The molecule has 7 heteroatoms. The number of thiophene rings is 1. The SMILES string of the molecule is C=CCN(Cc1cccs1)C(=O)c1nc2nccc(C)n2n1. The van der Waals surface area contributed by atoms with Gasteiger partial charge in [0.1, 0.15) is 0 Å². The second-order valence-electron chi connectivity index (χ2n) is 4.79. The highest BCUT2D eigenvalue weighted by atomic mass is 32.1. The van der Waals surface area contributed by atoms with Gasteiger partial charge in [0.15, 0.2) is 0 Å². The Labute approximate surface area is 131 Å². The average Bonchev–Trinajstić information content (AvgIpc) is 3.15. The molecule has 0 aromatic carbocycles. The molecule has 1 amide bonds. The van der Waals surface area contributed by atoms with Crippen molar-refractivity contribution in [2.24, 2.45) is 0 Å². The second-order valence-corrected chi connectivity index (χ2v) is 5.82. The number of fused-ring (bicyclic) bond motifs is 1. The van der Waals surface area contributed by atoms with E-state index in [1.807, 2.05) is 30.5 Å². The van der Waals surface area contributed by atoms with Gasteiger partial charge in [0.2, 0.25) is 5.82 Å². The summed E-state index contributed by atoms with van der Waals surface area (Å²) in [6, 6.07) is 5.78. The van der Waals surface area contributed by atoms with Gasteiger partial charge in [-0.15, -0.1) is 23.0 Å². The summed E-state index contributed by atoms with van der Waals surface area (Å²) in [5.74, 6) is 0.358. The molecule has 0 saturated carbocycles. The Morgan fingerprint density at radius 2 is 2.36 bits per heavy atom. The maximum absolute atomic E-state index is 12.7. The van der Waals surface area contributed by atoms with Gasteiger partial charge >= 0.3 is 0 Å². The van der Waals surface area contributed by atoms with Gasteiger partial charge in [-0.25, -0.2) is 9.50 Å². The molecular formula is C15H15N5OS. The Morgan fingerprint density at radius 3 is 3.05 bits per heavy atom. The number of hydrogen-bond acceptors (Lipinski definition) is 5. The zero-order valence-corrected chi connectivity index (χ0v) is 13.0. The molecule has 0 radical (unpaired) electrons. The van der Waals surface area contributed by atoms with Crippen molar-refractivity contribution in [3.05, 3.63) is 58.8 Å². The molecule has 112 valence electrons. The molecule has 0 fully saturated rings. The molecule has 3 aromatic rings. The summed E-state index contributed by atoms with van der Waals surface area (Å²) in [4.78, 5) is 23.8. The molecule has 3 rings (SSSR count). The van der Waals surface area contributed by atoms with Crippen molar-refractivity contribution in [1.82, 2.24) is 24.5 Å². The number of carbonyl (C=O) groups is 1. The number of aryl methyl sites for hydroxylation is 1. The minimum Gasteiger partial charge on any atom is -0.327 e. The van der Waals surface area contributed by atoms with Gasteiger partial charge in [-0.05, 0) is 24.4 Å². The third kappa shape index (κ3) is 2.75. The zero-order valence-electron chi connectivity index (χ0n) is 12.1. The first-order valence-electron chi connectivity index (χ1n) is 6.80. The van der Waals surface area contributed by atoms with Crippen LogP contribution in [0, 0.1) is 6.92 Å². The summed E-state index contributed by atoms with van der Waals surface area (Å²) in [5, 5.41) is 6.25. The predicted molar refractivity (Wildman–Crippen MR) is 84.8 cm³/mol. The lowest BCUT2D eigenvalue weighted by atomic mass is 10.3. The van der Waals surface area contributed by atoms with E-state index in [4.69, 9.17) is 0 Å². The summed E-state index contributed by atoms with van der Waals surface area (Å²) in [7, 11) is 0. The van der Waals surface area contributed by atoms with Crippen LogP contribution in [0.3, 0.4) is 0 Å². The van der Waals surface area contributed by atoms with Gasteiger partial charge in [0.05, 0.1) is 6.54 Å². The third-order valence-corrected chi connectivity index (χ3v) is 4.05. The number of hydrogen-bond donors (Lipinski definition) is 0. The van der Waals surface area contributed by atoms with Crippen LogP contribution in [0.25, 0.3) is 5.78 Å². The number of aromatic nitrogens is 4. The molecule has 22 heavy (non-hydrogen) atoms. The van der Waals surface area contributed by atoms with E-state index in [1.54, 1.807) is 33.0 Å². The van der Waals surface area contributed by atoms with E-state index >= 15 is 0 Å². The van der Waals surface area contributed by atoms with Crippen LogP contribution in [-0.2, 0) is 6.54 Å². The van der Waals surface area contributed by atoms with Crippen molar-refractivity contribution in [3.8, 4) is 0 Å². The summed E-state index contributed by atoms with van der Waals surface area (Å²) >= 11 is 1.61. The highest BCUT2D eigenvalue weighted by Crippen LogP contribution is 2.14. The van der Waals surface area contributed by atoms with Gasteiger partial charge in [0.25, 0.3) is 11.7 Å². The highest BCUT2D eigenvalue weighted by molar-refractivity contribution is 7.09. The van der Waals surface area contributed by atoms with Crippen LogP contribution < -0.4 is 0 Å². The lowest BCUT2D eigenvalue weighted by Crippen LogP contribution is -2.31. The first kappa shape index (κ1) is 14.4. The van der Waals surface area contributed by atoms with E-state index < -0.39 is 0 Å². The smallest absolute Gasteiger partial charge is 0.294 e. The van der Waals surface area contributed by atoms with Crippen molar-refractivity contribution in [2.45, 2.75) is 13.5 Å². The predicted octanol–water partition coefficient (Wildman–Crippen LogP) is 2.32. The maximum Gasteiger partial charge on any atom is 0.294 e. The first-order chi connectivity index (χ1) is 10.7. The quantitative estimate of drug-likeness (QED) is 0.678. The van der Waals surface area contributed by atoms with E-state index in [1.165, 1.54) is 0 Å². The number of rotatable bonds is 5. The lowest BCUT2D eigenvalue weighted by Gasteiger charge is -2.18. The van der Waals surface area contributed by atoms with Crippen molar-refractivity contribution in [1.29, 1.82) is 0 Å². The largest absolute Gasteiger partial charge is 0.327 e. The van der Waals surface area contributed by atoms with Crippen LogP contribution in [0.5, 0.6) is 0 Å². The standard InChI is InChI=1S/C15H15N5OS/c1-3-8-19(10-12-5-4-9-22-12)14(21)13-17-15-16-7-6-11(2)20(15)18-13/h3-7,9H,1,8,10H2,2H3. The van der Waals surface area contributed by atoms with Gasteiger partial charge in [-0.1, -0.05) is 12.1 Å². The molecule has 3 aromatic heterocycles. The monoisotopic (exact) mass is 313 g/mol. The Morgan fingerprint density at radius 1 is 1.50 bits per heavy atom. The number of amides is 1. The van der Waals surface area contributed by atoms with Crippen LogP contribution in [-0.4, -0.2) is 36.9 Å². The minimum atomic E-state index is -0.224. The molecule has 0 bridgehead atoms. The Balaban J connectivity index is 1.90. The summed E-state index contributed by atoms with van der Waals surface area (Å²) in [5.41, 5.74) is 0.880. The Hall–Kier alpha value is -2.54. The molecule has 0 atom stereocenters. The van der Waals surface area contributed by atoms with Gasteiger partial charge in [-0.2, -0.15) is 4.98 Å². The summed E-state index contributed by atoms with van der Waals surface area (Å²) in [6.07, 6.45) is 3.35. The van der Waals surface area contributed by atoms with E-state index in [9.17, 15) is 4.79 Å². The molecule has 0 spiro atoms. The van der Waals surface area contributed by atoms with Crippen LogP contribution >= 0.6 is 11.3 Å². The maximum atomic E-state index is 12.7. The lowest BCUT2D eigenvalue weighted by molar-refractivity contribution is 0.0752. The first-order valence-corrected chi connectivity index (χ1v) is 7.68. The summed E-state index contributed by atoms with van der Waals surface area (Å²) < 4.78 is 1.57. The van der Waals surface area contributed by atoms with Crippen LogP contribution in [0.1, 0.15) is 21.2 Å². The minimum absolute atomic E-state index is 0.153. The Bertz CT molecular complexity index is 809. The van der Waals surface area contributed by atoms with Crippen molar-refractivity contribution >= 4 is 23.0 Å². The van der Waals surface area contributed by atoms with Gasteiger partial charge in [-0.3, -0.25) is 4.79 Å². The van der Waals surface area contributed by atoms with Crippen LogP contribution in [0.4, 0.5) is 0 Å². The van der Waals surface area contributed by atoms with E-state index in [2.05, 4.69) is 21.6 Å². The van der Waals surface area contributed by atoms with Crippen molar-refractivity contribution in [3.63, 3.8) is 0 Å². The number of carbonyl (C=O) groups excluding carboxylic acids is 1. The third-order valence-electron chi connectivity index (χ3n) is 3.18. The average molecular weight is 313 g/mol. The molecule has 0 saturated heterocycles. The molecule has 0 aliphatic rings. The van der Waals surface area contributed by atoms with Gasteiger partial charge < -0.3 is 4.90 Å². The fourth-order valence-electron chi connectivity index (χ4n) is 2.10. The molecule has 0 N–H and O–H groups in total. The van der Waals surface area contributed by atoms with Crippen molar-refractivity contribution in [2.75, 3.05) is 6.54 Å². The van der Waals surface area contributed by atoms with E-state index in [0.29, 0.717) is 18.9 Å². The molecule has 0 aliphatic heterocycles. The fourth-order valence-corrected chi connectivity index (χ4v) is 2.82. The second kappa shape index (κ2) is 6.07. The molecule has 3 heterocycles. The highest BCUT2D eigenvalue weighted by Gasteiger charge is 2.21. The molecular weight excluding hydrogens is 298 g/mol. The molecule has 0 aliphatic carbocycles. The zero-order chi connectivity index (χ0) is 15.5. The summed E-state index contributed by atoms with van der Waals surface area (Å²) in [6.45, 7) is 6.57. The Kier molecular flexibility index (Phi) is 3.97. The van der Waals surface area contributed by atoms with Crippen molar-refractivity contribution < 1.29 is 4.79 Å². The fraction of sp³-hybridized carbons (Fsp3) is 0.200. The van der Waals surface area contributed by atoms with E-state index in [0.717, 1.165) is 10.6 Å². The van der Waals surface area contributed by atoms with Gasteiger partial charge in [0, 0.05) is 23.3 Å². The molecule has 6 nitrogen and oxygen atoms in total. The van der Waals surface area contributed by atoms with Crippen LogP contribution in [0.15, 0.2) is 42.4 Å². The molecule has 0 unspecified atom stereocenters.